The Morgan fingerprint density at radius 1 is 0.947 bits per heavy atom. The zero-order valence-corrected chi connectivity index (χ0v) is 21.0. The number of aliphatic carboxylic acids is 1. The molecule has 0 fully saturated rings. The fourth-order valence-electron chi connectivity index (χ4n) is 4.10. The maximum atomic E-state index is 13.8. The van der Waals surface area contributed by atoms with Crippen LogP contribution in [0, 0.1) is 0 Å². The molecule has 0 bridgehead atoms. The minimum Gasteiger partial charge on any atom is -0.475 e. The molecule has 0 aromatic heterocycles. The molecule has 1 aliphatic rings. The predicted octanol–water partition coefficient (Wildman–Crippen LogP) is 4.42. The number of carbonyl (C=O) groups excluding carboxylic acids is 1. The number of hydrogen-bond donors (Lipinski definition) is 2. The Hall–Kier alpha value is -4.34. The van der Waals surface area contributed by atoms with Crippen molar-refractivity contribution in [3.8, 4) is 0 Å². The second-order valence-electron chi connectivity index (χ2n) is 8.84. The summed E-state index contributed by atoms with van der Waals surface area (Å²) in [4.78, 5) is 31.2. The lowest BCUT2D eigenvalue weighted by Crippen LogP contribution is -2.44. The van der Waals surface area contributed by atoms with Gasteiger partial charge in [0.05, 0.1) is 0 Å². The number of guanidine groups is 1. The average molecular weight is 527 g/mol. The van der Waals surface area contributed by atoms with Gasteiger partial charge in [-0.05, 0) is 41.7 Å². The van der Waals surface area contributed by atoms with E-state index in [1.54, 1.807) is 4.90 Å². The van der Waals surface area contributed by atoms with Gasteiger partial charge < -0.3 is 15.7 Å². The summed E-state index contributed by atoms with van der Waals surface area (Å²) in [5.41, 5.74) is 9.13. The highest BCUT2D eigenvalue weighted by molar-refractivity contribution is 6.09. The molecule has 7 nitrogen and oxygen atoms in total. The van der Waals surface area contributed by atoms with Crippen LogP contribution < -0.4 is 10.6 Å². The number of hydrogen-bond acceptors (Lipinski definition) is 5. The van der Waals surface area contributed by atoms with Crippen molar-refractivity contribution in [2.24, 2.45) is 10.7 Å². The van der Waals surface area contributed by atoms with Gasteiger partial charge in [0.1, 0.15) is 0 Å². The number of nitrogens with two attached hydrogens (primary N) is 1. The third kappa shape index (κ3) is 6.31. The van der Waals surface area contributed by atoms with Crippen LogP contribution in [-0.2, 0) is 21.5 Å². The first-order chi connectivity index (χ1) is 18.0. The van der Waals surface area contributed by atoms with Gasteiger partial charge in [-0.15, -0.1) is 0 Å². The Morgan fingerprint density at radius 2 is 1.45 bits per heavy atom. The summed E-state index contributed by atoms with van der Waals surface area (Å²) in [6, 6.07) is 27.9. The molecule has 38 heavy (non-hydrogen) atoms. The number of aryl methyl sites for hydroxylation is 1. The minimum atomic E-state index is -5.08. The molecule has 0 saturated heterocycles. The lowest BCUT2D eigenvalue weighted by atomic mass is 9.82. The van der Waals surface area contributed by atoms with E-state index in [2.05, 4.69) is 12.1 Å². The number of carboxylic acids is 1. The van der Waals surface area contributed by atoms with Crippen molar-refractivity contribution in [3.63, 3.8) is 0 Å². The first kappa shape index (κ1) is 28.2. The molecule has 10 heteroatoms. The third-order valence-corrected chi connectivity index (χ3v) is 6.04. The second-order valence-corrected chi connectivity index (χ2v) is 8.84. The van der Waals surface area contributed by atoms with Crippen molar-refractivity contribution < 1.29 is 27.9 Å². The van der Waals surface area contributed by atoms with Gasteiger partial charge in [0.2, 0.25) is 0 Å². The molecular formula is C28H29F3N4O3. The van der Waals surface area contributed by atoms with Gasteiger partial charge in [-0.1, -0.05) is 72.8 Å². The largest absolute Gasteiger partial charge is 0.490 e. The van der Waals surface area contributed by atoms with Crippen LogP contribution in [0.25, 0.3) is 0 Å². The number of alkyl halides is 3. The number of rotatable bonds is 7. The van der Waals surface area contributed by atoms with E-state index in [0.29, 0.717) is 6.54 Å². The van der Waals surface area contributed by atoms with Crippen LogP contribution in [0.1, 0.15) is 23.1 Å². The molecule has 1 amide bonds. The van der Waals surface area contributed by atoms with E-state index in [4.69, 9.17) is 20.6 Å². The molecule has 0 spiro atoms. The van der Waals surface area contributed by atoms with Gasteiger partial charge in [-0.3, -0.25) is 9.69 Å². The van der Waals surface area contributed by atoms with Crippen molar-refractivity contribution >= 4 is 23.5 Å². The lowest BCUT2D eigenvalue weighted by molar-refractivity contribution is -0.192. The van der Waals surface area contributed by atoms with E-state index < -0.39 is 17.7 Å². The zero-order chi connectivity index (χ0) is 27.9. The smallest absolute Gasteiger partial charge is 0.475 e. The molecular weight excluding hydrogens is 497 g/mol. The van der Waals surface area contributed by atoms with E-state index >= 15 is 0 Å². The average Bonchev–Trinajstić information content (AvgIpc) is 3.15. The Labute approximate surface area is 219 Å². The number of carbonyl (C=O) groups is 2. The van der Waals surface area contributed by atoms with Crippen molar-refractivity contribution in [1.82, 2.24) is 4.90 Å². The third-order valence-electron chi connectivity index (χ3n) is 6.04. The van der Waals surface area contributed by atoms with Gasteiger partial charge in [0.25, 0.3) is 5.91 Å². The summed E-state index contributed by atoms with van der Waals surface area (Å²) in [6.45, 7) is 0.535. The van der Waals surface area contributed by atoms with E-state index in [1.807, 2.05) is 91.8 Å². The molecule has 3 N–H and O–H groups in total. The summed E-state index contributed by atoms with van der Waals surface area (Å²) in [7, 11) is 3.99. The molecule has 0 radical (unpaired) electrons. The van der Waals surface area contributed by atoms with Gasteiger partial charge in [-0.25, -0.2) is 9.79 Å². The monoisotopic (exact) mass is 526 g/mol. The fraction of sp³-hybridized carbons (Fsp3) is 0.250. The van der Waals surface area contributed by atoms with Crippen LogP contribution in [0.2, 0.25) is 0 Å². The highest BCUT2D eigenvalue weighted by atomic mass is 19.4. The maximum absolute atomic E-state index is 13.8. The fourth-order valence-corrected chi connectivity index (χ4v) is 4.10. The Kier molecular flexibility index (Phi) is 8.77. The minimum absolute atomic E-state index is 0.0955. The Bertz CT molecular complexity index is 1260. The van der Waals surface area contributed by atoms with E-state index in [1.165, 1.54) is 5.56 Å². The molecule has 4 rings (SSSR count). The summed E-state index contributed by atoms with van der Waals surface area (Å²) in [5.74, 6) is -2.58. The Morgan fingerprint density at radius 3 is 1.95 bits per heavy atom. The van der Waals surface area contributed by atoms with Gasteiger partial charge in [0.15, 0.2) is 11.5 Å². The van der Waals surface area contributed by atoms with E-state index in [-0.39, 0.29) is 11.9 Å². The quantitative estimate of drug-likeness (QED) is 0.475. The van der Waals surface area contributed by atoms with Crippen molar-refractivity contribution in [1.29, 1.82) is 0 Å². The summed E-state index contributed by atoms with van der Waals surface area (Å²) in [6.07, 6.45) is -3.38. The molecule has 3 aromatic rings. The molecule has 0 aliphatic carbocycles. The first-order valence-corrected chi connectivity index (χ1v) is 11.8. The van der Waals surface area contributed by atoms with Crippen LogP contribution in [0.3, 0.4) is 0 Å². The van der Waals surface area contributed by atoms with Crippen LogP contribution in [0.15, 0.2) is 89.9 Å². The van der Waals surface area contributed by atoms with Gasteiger partial charge in [-0.2, -0.15) is 13.2 Å². The summed E-state index contributed by atoms with van der Waals surface area (Å²) >= 11 is 0. The normalized spacial score (nSPS) is 16.9. The molecule has 1 aliphatic heterocycles. The molecule has 200 valence electrons. The SMILES string of the molecule is CN(C)c1ccc(C2(c3ccccc3)N=C(N)N(CCCc3ccccc3)C2=O)cc1.O=C(O)C(F)(F)F. The maximum Gasteiger partial charge on any atom is 0.490 e. The van der Waals surface area contributed by atoms with Crippen molar-refractivity contribution in [3.05, 3.63) is 102 Å². The summed E-state index contributed by atoms with van der Waals surface area (Å²) < 4.78 is 31.7. The van der Waals surface area contributed by atoms with Crippen LogP contribution >= 0.6 is 0 Å². The molecule has 0 saturated carbocycles. The number of halogens is 3. The Balaban J connectivity index is 0.000000505. The second kappa shape index (κ2) is 11.8. The molecule has 1 atom stereocenters. The number of carboxylic acid groups (broad SMARTS) is 1. The highest BCUT2D eigenvalue weighted by Crippen LogP contribution is 2.40. The van der Waals surface area contributed by atoms with Crippen molar-refractivity contribution in [2.75, 3.05) is 25.5 Å². The van der Waals surface area contributed by atoms with Crippen molar-refractivity contribution in [2.45, 2.75) is 24.6 Å². The number of benzene rings is 3. The van der Waals surface area contributed by atoms with E-state index in [0.717, 1.165) is 29.7 Å². The number of nitrogens with zero attached hydrogens (tertiary/aromatic N) is 3. The van der Waals surface area contributed by atoms with Crippen LogP contribution in [0.4, 0.5) is 18.9 Å². The lowest BCUT2D eigenvalue weighted by Gasteiger charge is -2.27. The zero-order valence-electron chi connectivity index (χ0n) is 21.0. The first-order valence-electron chi connectivity index (χ1n) is 11.8. The molecule has 1 heterocycles. The number of amides is 1. The van der Waals surface area contributed by atoms with E-state index in [9.17, 15) is 18.0 Å². The van der Waals surface area contributed by atoms with Crippen LogP contribution in [0.5, 0.6) is 0 Å². The number of anilines is 1. The highest BCUT2D eigenvalue weighted by Gasteiger charge is 2.50. The topological polar surface area (TPSA) is 99.2 Å². The standard InChI is InChI=1S/C26H28N4O.C2HF3O2/c1-29(2)23-17-15-22(16-18-23)26(21-13-7-4-8-14-21)24(31)30(25(27)28-26)19-9-12-20-10-5-3-6-11-20;3-2(4,5)1(6)7/h3-8,10-11,13-18H,9,12,19H2,1-2H3,(H2,27,28);(H,6,7). The number of aliphatic imine (C=N–C) groups is 1. The molecule has 3 aromatic carbocycles. The van der Waals surface area contributed by atoms with Crippen LogP contribution in [-0.4, -0.2) is 54.7 Å². The summed E-state index contributed by atoms with van der Waals surface area (Å²) in [5, 5.41) is 7.12. The van der Waals surface area contributed by atoms with Gasteiger partial charge in [0, 0.05) is 26.3 Å². The van der Waals surface area contributed by atoms with Gasteiger partial charge >= 0.3 is 12.1 Å². The molecule has 1 unspecified atom stereocenters. The predicted molar refractivity (Wildman–Crippen MR) is 140 cm³/mol.